The summed E-state index contributed by atoms with van der Waals surface area (Å²) in [7, 11) is 1.38. The predicted octanol–water partition coefficient (Wildman–Crippen LogP) is 2.59. The Balaban J connectivity index is 1.84. The average Bonchev–Trinajstić information content (AvgIpc) is 3.25. The number of rotatable bonds is 5. The van der Waals surface area contributed by atoms with Crippen LogP contribution in [0.25, 0.3) is 17.3 Å². The third-order valence-corrected chi connectivity index (χ3v) is 4.92. The Morgan fingerprint density at radius 3 is 2.58 bits per heavy atom. The number of hydrogen-bond donors (Lipinski definition) is 2. The van der Waals surface area contributed by atoms with Gasteiger partial charge in [-0.05, 0) is 35.9 Å². The van der Waals surface area contributed by atoms with Crippen LogP contribution in [0.3, 0.4) is 0 Å². The van der Waals surface area contributed by atoms with E-state index in [1.807, 2.05) is 34.9 Å². The number of phenols is 2. The number of methoxy groups -OCH3 is 1. The van der Waals surface area contributed by atoms with Gasteiger partial charge in [-0.1, -0.05) is 18.2 Å². The van der Waals surface area contributed by atoms with Gasteiger partial charge >= 0.3 is 0 Å². The second-order valence-corrected chi connectivity index (χ2v) is 6.85. The summed E-state index contributed by atoms with van der Waals surface area (Å²) in [5.74, 6) is 0.377. The summed E-state index contributed by atoms with van der Waals surface area (Å²) in [5.41, 5.74) is 1.53. The molecule has 2 heterocycles. The van der Waals surface area contributed by atoms with Gasteiger partial charge in [0, 0.05) is 13.1 Å². The van der Waals surface area contributed by atoms with Crippen LogP contribution in [0.1, 0.15) is 11.4 Å². The Morgan fingerprint density at radius 1 is 1.16 bits per heavy atom. The van der Waals surface area contributed by atoms with Crippen molar-refractivity contribution in [1.82, 2.24) is 14.8 Å². The number of hydrogen-bond acceptors (Lipinski definition) is 8. The summed E-state index contributed by atoms with van der Waals surface area (Å²) in [4.78, 5) is 2.07. The number of nitrogens with zero attached hydrogens (tertiary/aromatic N) is 5. The molecule has 3 aromatic rings. The van der Waals surface area contributed by atoms with Crippen LogP contribution in [0.2, 0.25) is 0 Å². The largest absolute Gasteiger partial charge is 0.504 e. The number of morpholine rings is 1. The molecule has 0 spiro atoms. The molecule has 1 fully saturated rings. The number of phenolic OH excluding ortho intramolecular Hbond substituents is 2. The number of aromatic hydroxyl groups is 2. The highest BCUT2D eigenvalue weighted by Crippen LogP contribution is 2.37. The van der Waals surface area contributed by atoms with E-state index in [-0.39, 0.29) is 22.8 Å². The van der Waals surface area contributed by atoms with Crippen molar-refractivity contribution in [3.05, 3.63) is 53.9 Å². The van der Waals surface area contributed by atoms with E-state index < -0.39 is 0 Å². The number of nitriles is 1. The summed E-state index contributed by atoms with van der Waals surface area (Å²) in [6.45, 7) is 2.51. The molecule has 1 aliphatic rings. The molecule has 2 N–H and O–H groups in total. The number of allylic oxidation sites excluding steroid dienone is 1. The molecule has 9 heteroatoms. The molecular formula is C22H21N5O4. The van der Waals surface area contributed by atoms with Gasteiger partial charge in [0.25, 0.3) is 0 Å². The summed E-state index contributed by atoms with van der Waals surface area (Å²) >= 11 is 0. The van der Waals surface area contributed by atoms with Gasteiger partial charge in [0.15, 0.2) is 17.3 Å². The van der Waals surface area contributed by atoms with Gasteiger partial charge in [0.2, 0.25) is 11.7 Å². The lowest BCUT2D eigenvalue weighted by Crippen LogP contribution is -2.38. The maximum atomic E-state index is 9.98. The van der Waals surface area contributed by atoms with Gasteiger partial charge in [0.1, 0.15) is 6.07 Å². The van der Waals surface area contributed by atoms with Crippen LogP contribution in [0.15, 0.2) is 42.5 Å². The molecule has 31 heavy (non-hydrogen) atoms. The minimum Gasteiger partial charge on any atom is -0.504 e. The first kappa shape index (κ1) is 20.3. The second kappa shape index (κ2) is 8.77. The van der Waals surface area contributed by atoms with Crippen molar-refractivity contribution in [2.24, 2.45) is 0 Å². The Labute approximate surface area is 179 Å². The van der Waals surface area contributed by atoms with Crippen LogP contribution < -0.4 is 9.64 Å². The molecule has 2 aromatic carbocycles. The van der Waals surface area contributed by atoms with E-state index in [1.54, 1.807) is 6.08 Å². The van der Waals surface area contributed by atoms with Crippen LogP contribution >= 0.6 is 0 Å². The molecule has 0 unspecified atom stereocenters. The smallest absolute Gasteiger partial charge is 0.232 e. The minimum atomic E-state index is -0.361. The van der Waals surface area contributed by atoms with Crippen LogP contribution in [-0.2, 0) is 4.74 Å². The Bertz CT molecular complexity index is 1140. The number of anilines is 1. The Kier molecular flexibility index (Phi) is 5.73. The molecule has 9 nitrogen and oxygen atoms in total. The zero-order valence-corrected chi connectivity index (χ0v) is 16.9. The lowest BCUT2D eigenvalue weighted by Gasteiger charge is -2.28. The highest BCUT2D eigenvalue weighted by molar-refractivity contribution is 5.88. The lowest BCUT2D eigenvalue weighted by atomic mass is 10.1. The third-order valence-electron chi connectivity index (χ3n) is 4.92. The van der Waals surface area contributed by atoms with E-state index in [9.17, 15) is 15.5 Å². The lowest BCUT2D eigenvalue weighted by molar-refractivity contribution is 0.122. The molecular weight excluding hydrogens is 398 g/mol. The van der Waals surface area contributed by atoms with Crippen molar-refractivity contribution >= 4 is 17.6 Å². The number of aromatic nitrogens is 3. The highest BCUT2D eigenvalue weighted by Gasteiger charge is 2.23. The fraction of sp³-hybridized carbons (Fsp3) is 0.227. The fourth-order valence-electron chi connectivity index (χ4n) is 3.40. The van der Waals surface area contributed by atoms with E-state index in [4.69, 9.17) is 9.47 Å². The molecule has 1 aromatic heterocycles. The van der Waals surface area contributed by atoms with Gasteiger partial charge in [-0.25, -0.2) is 0 Å². The highest BCUT2D eigenvalue weighted by atomic mass is 16.5. The van der Waals surface area contributed by atoms with Gasteiger partial charge in [-0.2, -0.15) is 5.26 Å². The van der Waals surface area contributed by atoms with Crippen molar-refractivity contribution in [2.45, 2.75) is 0 Å². The zero-order valence-electron chi connectivity index (χ0n) is 16.9. The Morgan fingerprint density at radius 2 is 1.90 bits per heavy atom. The number of benzene rings is 2. The zero-order chi connectivity index (χ0) is 21.8. The predicted molar refractivity (Wildman–Crippen MR) is 114 cm³/mol. The van der Waals surface area contributed by atoms with Crippen molar-refractivity contribution in [3.8, 4) is 29.0 Å². The molecule has 4 rings (SSSR count). The van der Waals surface area contributed by atoms with Crippen molar-refractivity contribution in [2.75, 3.05) is 38.3 Å². The van der Waals surface area contributed by atoms with E-state index in [2.05, 4.69) is 21.2 Å². The molecule has 0 atom stereocenters. The van der Waals surface area contributed by atoms with E-state index in [1.165, 1.54) is 19.2 Å². The first-order valence-electron chi connectivity index (χ1n) is 9.68. The topological polar surface area (TPSA) is 117 Å². The molecule has 0 amide bonds. The normalized spacial score (nSPS) is 14.3. The van der Waals surface area contributed by atoms with E-state index >= 15 is 0 Å². The molecule has 0 radical (unpaired) electrons. The van der Waals surface area contributed by atoms with Crippen LogP contribution in [0.5, 0.6) is 17.2 Å². The van der Waals surface area contributed by atoms with Crippen LogP contribution in [0.4, 0.5) is 5.95 Å². The van der Waals surface area contributed by atoms with Gasteiger partial charge in [-0.3, -0.25) is 4.57 Å². The van der Waals surface area contributed by atoms with Crippen molar-refractivity contribution < 1.29 is 19.7 Å². The molecule has 1 aliphatic heterocycles. The second-order valence-electron chi connectivity index (χ2n) is 6.85. The summed E-state index contributed by atoms with van der Waals surface area (Å²) in [6, 6.07) is 14.6. The van der Waals surface area contributed by atoms with Crippen molar-refractivity contribution in [3.63, 3.8) is 0 Å². The van der Waals surface area contributed by atoms with E-state index in [0.717, 1.165) is 5.69 Å². The van der Waals surface area contributed by atoms with Gasteiger partial charge in [-0.15, -0.1) is 10.2 Å². The maximum Gasteiger partial charge on any atom is 0.232 e. The van der Waals surface area contributed by atoms with Gasteiger partial charge < -0.3 is 24.6 Å². The number of ether oxygens (including phenoxy) is 2. The van der Waals surface area contributed by atoms with Crippen LogP contribution in [0, 0.1) is 11.3 Å². The molecule has 0 aliphatic carbocycles. The van der Waals surface area contributed by atoms with Crippen LogP contribution in [-0.4, -0.2) is 58.4 Å². The SMILES string of the molecule is COc1cc(/C=C(\C#N)c2nnc(N3CCOCC3)n2-c2ccccc2)cc(O)c1O. The molecule has 1 saturated heterocycles. The first-order chi connectivity index (χ1) is 15.1. The molecule has 158 valence electrons. The van der Waals surface area contributed by atoms with Crippen molar-refractivity contribution in [1.29, 1.82) is 5.26 Å². The minimum absolute atomic E-state index is 0.0991. The molecule has 0 saturated carbocycles. The standard InChI is InChI=1S/C22H21N5O4/c1-30-19-13-15(12-18(28)20(19)29)11-16(14-23)21-24-25-22(26-7-9-31-10-8-26)27(21)17-5-3-2-4-6-17/h2-6,11-13,28-29H,7-10H2,1H3/b16-11+. The number of para-hydroxylation sites is 1. The summed E-state index contributed by atoms with van der Waals surface area (Å²) < 4.78 is 12.4. The van der Waals surface area contributed by atoms with E-state index in [0.29, 0.717) is 43.6 Å². The molecule has 0 bridgehead atoms. The first-order valence-corrected chi connectivity index (χ1v) is 9.68. The maximum absolute atomic E-state index is 9.98. The quantitative estimate of drug-likeness (QED) is 0.479. The van der Waals surface area contributed by atoms with Gasteiger partial charge in [0.05, 0.1) is 31.6 Å². The average molecular weight is 419 g/mol. The summed E-state index contributed by atoms with van der Waals surface area (Å²) in [5, 5.41) is 38.4. The Hall–Kier alpha value is -4.03. The fourth-order valence-corrected chi connectivity index (χ4v) is 3.40. The third kappa shape index (κ3) is 4.01. The summed E-state index contributed by atoms with van der Waals surface area (Å²) in [6.07, 6.45) is 1.56. The monoisotopic (exact) mass is 419 g/mol.